The molecule has 0 N–H and O–H groups in total. The number of hydrogen-bond donors (Lipinski definition) is 0. The van der Waals surface area contributed by atoms with Crippen molar-refractivity contribution in [3.63, 3.8) is 0 Å². The van der Waals surface area contributed by atoms with E-state index >= 15 is 0 Å². The van der Waals surface area contributed by atoms with E-state index in [1.165, 1.54) is 0 Å². The second-order valence-corrected chi connectivity index (χ2v) is 6.86. The van der Waals surface area contributed by atoms with Crippen LogP contribution in [0, 0.1) is 0 Å². The molecule has 6 heteroatoms. The van der Waals surface area contributed by atoms with Crippen molar-refractivity contribution in [3.8, 4) is 16.9 Å². The standard InChI is InChI=1S/C22H13NO5/c1-26-21-17-11(10-23-19-13(17)6-4-7-14(19)22(25)28-23)9-16-18(21)20(24)12-5-2-3-8-15(12)27-16/h2-9H,10H2,1H3. The Morgan fingerprint density at radius 3 is 2.68 bits per heavy atom. The van der Waals surface area contributed by atoms with Gasteiger partial charge >= 0.3 is 5.63 Å². The average molecular weight is 371 g/mol. The van der Waals surface area contributed by atoms with Gasteiger partial charge in [0, 0.05) is 11.1 Å². The van der Waals surface area contributed by atoms with Crippen LogP contribution >= 0.6 is 0 Å². The minimum absolute atomic E-state index is 0.140. The van der Waals surface area contributed by atoms with Gasteiger partial charge in [-0.15, -0.1) is 0 Å². The summed E-state index contributed by atoms with van der Waals surface area (Å²) in [7, 11) is 1.54. The lowest BCUT2D eigenvalue weighted by atomic mass is 9.92. The third kappa shape index (κ3) is 1.76. The molecule has 0 saturated carbocycles. The van der Waals surface area contributed by atoms with Crippen molar-refractivity contribution in [2.24, 2.45) is 0 Å². The first-order valence-corrected chi connectivity index (χ1v) is 8.86. The van der Waals surface area contributed by atoms with Gasteiger partial charge in [-0.05, 0) is 29.8 Å². The number of methoxy groups -OCH3 is 1. The van der Waals surface area contributed by atoms with Gasteiger partial charge < -0.3 is 13.7 Å². The fraction of sp³-hybridized carbons (Fsp3) is 0.0909. The lowest BCUT2D eigenvalue weighted by Gasteiger charge is -2.21. The summed E-state index contributed by atoms with van der Waals surface area (Å²) >= 11 is 0. The lowest BCUT2D eigenvalue weighted by Crippen LogP contribution is -2.11. The SMILES string of the molecule is COc1c2c(cc3oc4ccccc4c(=O)c13)Cn1oc(=O)c3cccc-2c31. The fourth-order valence-corrected chi connectivity index (χ4v) is 4.24. The minimum Gasteiger partial charge on any atom is -0.495 e. The summed E-state index contributed by atoms with van der Waals surface area (Å²) in [6.45, 7) is 0.355. The topological polar surface area (TPSA) is 74.6 Å². The van der Waals surface area contributed by atoms with Crippen LogP contribution in [0.25, 0.3) is 44.0 Å². The predicted molar refractivity (Wildman–Crippen MR) is 105 cm³/mol. The number of hydrogen-bond acceptors (Lipinski definition) is 5. The highest BCUT2D eigenvalue weighted by Gasteiger charge is 2.28. The summed E-state index contributed by atoms with van der Waals surface area (Å²) in [6, 6.07) is 14.4. The number of nitrogens with zero attached hydrogens (tertiary/aromatic N) is 1. The van der Waals surface area contributed by atoms with Gasteiger partial charge in [-0.25, -0.2) is 9.53 Å². The zero-order valence-electron chi connectivity index (χ0n) is 14.8. The van der Waals surface area contributed by atoms with Gasteiger partial charge in [0.05, 0.1) is 29.9 Å². The monoisotopic (exact) mass is 371 g/mol. The van der Waals surface area contributed by atoms with Gasteiger partial charge in [0.25, 0.3) is 0 Å². The molecule has 3 heterocycles. The molecule has 6 rings (SSSR count). The molecule has 6 nitrogen and oxygen atoms in total. The molecule has 0 saturated heterocycles. The van der Waals surface area contributed by atoms with Crippen molar-refractivity contribution >= 4 is 32.8 Å². The van der Waals surface area contributed by atoms with Crippen LogP contribution in [-0.4, -0.2) is 11.8 Å². The molecule has 0 spiro atoms. The third-order valence-corrected chi connectivity index (χ3v) is 5.39. The number of aromatic nitrogens is 1. The molecule has 28 heavy (non-hydrogen) atoms. The molecule has 1 aliphatic heterocycles. The van der Waals surface area contributed by atoms with Crippen molar-refractivity contribution < 1.29 is 13.7 Å². The van der Waals surface area contributed by atoms with E-state index in [9.17, 15) is 9.59 Å². The fourth-order valence-electron chi connectivity index (χ4n) is 4.24. The van der Waals surface area contributed by atoms with E-state index in [4.69, 9.17) is 13.7 Å². The van der Waals surface area contributed by atoms with Crippen LogP contribution in [0.2, 0.25) is 0 Å². The molecule has 0 aliphatic carbocycles. The molecule has 5 aromatic rings. The Hall–Kier alpha value is -3.80. The zero-order valence-corrected chi connectivity index (χ0v) is 14.8. The smallest absolute Gasteiger partial charge is 0.365 e. The number of ether oxygens (including phenoxy) is 1. The van der Waals surface area contributed by atoms with Crippen LogP contribution in [0.15, 0.2) is 67.1 Å². The number of benzene rings is 3. The highest BCUT2D eigenvalue weighted by Crippen LogP contribution is 2.44. The summed E-state index contributed by atoms with van der Waals surface area (Å²) in [5.74, 6) is 0.458. The highest BCUT2D eigenvalue weighted by atomic mass is 16.5. The molecule has 0 bridgehead atoms. The van der Waals surface area contributed by atoms with E-state index < -0.39 is 0 Å². The first-order chi connectivity index (χ1) is 13.7. The molecule has 0 atom stereocenters. The van der Waals surface area contributed by atoms with Crippen LogP contribution < -0.4 is 15.8 Å². The first kappa shape index (κ1) is 15.3. The largest absolute Gasteiger partial charge is 0.495 e. The molecule has 2 aromatic heterocycles. The van der Waals surface area contributed by atoms with Crippen molar-refractivity contribution in [3.05, 3.63) is 74.7 Å². The van der Waals surface area contributed by atoms with Gasteiger partial charge in [-0.1, -0.05) is 24.3 Å². The van der Waals surface area contributed by atoms with Crippen molar-refractivity contribution in [1.29, 1.82) is 0 Å². The zero-order chi connectivity index (χ0) is 19.0. The number of rotatable bonds is 1. The Morgan fingerprint density at radius 2 is 1.82 bits per heavy atom. The van der Waals surface area contributed by atoms with Gasteiger partial charge in [-0.3, -0.25) is 4.79 Å². The van der Waals surface area contributed by atoms with E-state index in [0.717, 1.165) is 16.7 Å². The molecular formula is C22H13NO5. The highest BCUT2D eigenvalue weighted by molar-refractivity contribution is 6.04. The predicted octanol–water partition coefficient (Wildman–Crippen LogP) is 3.89. The quantitative estimate of drug-likeness (QED) is 0.410. The Balaban J connectivity index is 1.85. The summed E-state index contributed by atoms with van der Waals surface area (Å²) in [4.78, 5) is 25.4. The second-order valence-electron chi connectivity index (χ2n) is 6.86. The van der Waals surface area contributed by atoms with E-state index in [0.29, 0.717) is 45.1 Å². The lowest BCUT2D eigenvalue weighted by molar-refractivity contribution is 0.276. The van der Waals surface area contributed by atoms with E-state index in [1.54, 1.807) is 42.2 Å². The maximum atomic E-state index is 13.2. The van der Waals surface area contributed by atoms with Gasteiger partial charge in [0.15, 0.2) is 0 Å². The van der Waals surface area contributed by atoms with E-state index in [1.807, 2.05) is 18.2 Å². The van der Waals surface area contributed by atoms with Gasteiger partial charge in [0.1, 0.15) is 22.3 Å². The minimum atomic E-state index is -0.381. The van der Waals surface area contributed by atoms with Gasteiger partial charge in [-0.2, -0.15) is 0 Å². The summed E-state index contributed by atoms with van der Waals surface area (Å²) in [6.07, 6.45) is 0. The van der Waals surface area contributed by atoms with E-state index in [2.05, 4.69) is 0 Å². The Labute approximate surface area is 157 Å². The molecule has 0 radical (unpaired) electrons. The van der Waals surface area contributed by atoms with Crippen LogP contribution in [0.3, 0.4) is 0 Å². The Kier molecular flexibility index (Phi) is 2.80. The molecule has 136 valence electrons. The molecule has 0 fully saturated rings. The molecule has 1 aliphatic rings. The maximum absolute atomic E-state index is 13.2. The van der Waals surface area contributed by atoms with Crippen LogP contribution in [0.5, 0.6) is 5.75 Å². The third-order valence-electron chi connectivity index (χ3n) is 5.39. The van der Waals surface area contributed by atoms with E-state index in [-0.39, 0.29) is 11.1 Å². The summed E-state index contributed by atoms with van der Waals surface area (Å²) < 4.78 is 18.7. The van der Waals surface area contributed by atoms with Crippen LogP contribution in [0.1, 0.15) is 5.56 Å². The number of para-hydroxylation sites is 2. The molecule has 3 aromatic carbocycles. The summed E-state index contributed by atoms with van der Waals surface area (Å²) in [5, 5.41) is 1.41. The van der Waals surface area contributed by atoms with Crippen molar-refractivity contribution in [2.75, 3.05) is 7.11 Å². The van der Waals surface area contributed by atoms with Crippen LogP contribution in [0.4, 0.5) is 0 Å². The molecule has 0 amide bonds. The van der Waals surface area contributed by atoms with Gasteiger partial charge in [0.2, 0.25) is 5.43 Å². The summed E-state index contributed by atoms with van der Waals surface area (Å²) in [5.41, 5.74) is 3.62. The maximum Gasteiger partial charge on any atom is 0.365 e. The Bertz CT molecular complexity index is 1570. The second kappa shape index (κ2) is 5.13. The van der Waals surface area contributed by atoms with Crippen molar-refractivity contribution in [2.45, 2.75) is 6.54 Å². The number of fused-ring (bicyclic) bond motifs is 4. The van der Waals surface area contributed by atoms with Crippen molar-refractivity contribution in [1.82, 2.24) is 4.74 Å². The average Bonchev–Trinajstić information content (AvgIpc) is 3.03. The first-order valence-electron chi connectivity index (χ1n) is 8.86. The van der Waals surface area contributed by atoms with Crippen LogP contribution in [-0.2, 0) is 6.54 Å². The molecular weight excluding hydrogens is 358 g/mol. The normalized spacial score (nSPS) is 12.6. The molecule has 0 unspecified atom stereocenters. The Morgan fingerprint density at radius 1 is 1.00 bits per heavy atom.